The number of aliphatic carboxylic acids is 1. The van der Waals surface area contributed by atoms with Crippen molar-refractivity contribution in [1.29, 1.82) is 0 Å². The van der Waals surface area contributed by atoms with E-state index in [-0.39, 0.29) is 25.0 Å². The van der Waals surface area contributed by atoms with Gasteiger partial charge in [-0.2, -0.15) is 0 Å². The molecule has 1 atom stereocenters. The van der Waals surface area contributed by atoms with E-state index in [4.69, 9.17) is 9.26 Å². The molecule has 0 aromatic carbocycles. The molecular formula is C20H25N3O5. The summed E-state index contributed by atoms with van der Waals surface area (Å²) in [5, 5.41) is 14.5. The van der Waals surface area contributed by atoms with E-state index in [1.54, 1.807) is 4.90 Å². The Labute approximate surface area is 162 Å². The van der Waals surface area contributed by atoms with Gasteiger partial charge in [0.15, 0.2) is 0 Å². The van der Waals surface area contributed by atoms with E-state index in [1.165, 1.54) is 7.11 Å². The molecule has 1 aliphatic heterocycles. The van der Waals surface area contributed by atoms with Crippen LogP contribution in [0.15, 0.2) is 10.6 Å². The summed E-state index contributed by atoms with van der Waals surface area (Å²) in [7, 11) is 1.48. The second kappa shape index (κ2) is 6.84. The Morgan fingerprint density at radius 3 is 2.79 bits per heavy atom. The van der Waals surface area contributed by atoms with E-state index in [0.29, 0.717) is 41.2 Å². The number of ether oxygens (including phenoxy) is 1. The van der Waals surface area contributed by atoms with Gasteiger partial charge in [0.1, 0.15) is 5.41 Å². The van der Waals surface area contributed by atoms with Gasteiger partial charge in [-0.05, 0) is 31.2 Å². The Kier molecular flexibility index (Phi) is 4.61. The van der Waals surface area contributed by atoms with Gasteiger partial charge in [0.2, 0.25) is 0 Å². The van der Waals surface area contributed by atoms with Crippen molar-refractivity contribution in [2.45, 2.75) is 44.9 Å². The molecule has 2 fully saturated rings. The first kappa shape index (κ1) is 18.9. The highest BCUT2D eigenvalue weighted by molar-refractivity contribution is 6.06. The van der Waals surface area contributed by atoms with Crippen LogP contribution in [-0.4, -0.2) is 58.8 Å². The third-order valence-corrected chi connectivity index (χ3v) is 5.78. The predicted octanol–water partition coefficient (Wildman–Crippen LogP) is 2.79. The number of hydrogen-bond donors (Lipinski definition) is 1. The highest BCUT2D eigenvalue weighted by Gasteiger charge is 2.47. The van der Waals surface area contributed by atoms with Crippen molar-refractivity contribution in [3.05, 3.63) is 23.0 Å². The van der Waals surface area contributed by atoms with Crippen LogP contribution in [0.3, 0.4) is 0 Å². The standard InChI is InChI=1S/C20H25N3O5/c1-11(2)16-15-13(8-14(12-4-5-12)21-17(15)28-22-16)18(24)23-7-6-20(9-23,10-27-3)19(25)26/h8,11-12H,4-7,9-10H2,1-3H3,(H,25,26). The van der Waals surface area contributed by atoms with Crippen LogP contribution < -0.4 is 0 Å². The third-order valence-electron chi connectivity index (χ3n) is 5.78. The molecule has 1 amide bonds. The molecule has 0 spiro atoms. The van der Waals surface area contributed by atoms with E-state index in [0.717, 1.165) is 18.5 Å². The summed E-state index contributed by atoms with van der Waals surface area (Å²) in [5.74, 6) is -0.699. The largest absolute Gasteiger partial charge is 0.481 e. The Morgan fingerprint density at radius 2 is 2.18 bits per heavy atom. The molecule has 28 heavy (non-hydrogen) atoms. The summed E-state index contributed by atoms with van der Waals surface area (Å²) in [6.45, 7) is 4.56. The number of fused-ring (bicyclic) bond motifs is 1. The highest BCUT2D eigenvalue weighted by Crippen LogP contribution is 2.41. The molecule has 0 bridgehead atoms. The van der Waals surface area contributed by atoms with E-state index < -0.39 is 11.4 Å². The van der Waals surface area contributed by atoms with Crippen LogP contribution in [0.4, 0.5) is 0 Å². The monoisotopic (exact) mass is 387 g/mol. The number of methoxy groups -OCH3 is 1. The zero-order chi connectivity index (χ0) is 20.1. The number of aromatic nitrogens is 2. The van der Waals surface area contributed by atoms with Crippen LogP contribution >= 0.6 is 0 Å². The number of carbonyl (C=O) groups is 2. The van der Waals surface area contributed by atoms with Crippen molar-refractivity contribution < 1.29 is 24.0 Å². The summed E-state index contributed by atoms with van der Waals surface area (Å²) in [4.78, 5) is 31.5. The molecule has 2 aliphatic rings. The van der Waals surface area contributed by atoms with Gasteiger partial charge in [-0.3, -0.25) is 9.59 Å². The van der Waals surface area contributed by atoms with Crippen LogP contribution in [0, 0.1) is 5.41 Å². The average Bonchev–Trinajstić information content (AvgIpc) is 3.27. The quantitative estimate of drug-likeness (QED) is 0.812. The van der Waals surface area contributed by atoms with Gasteiger partial charge >= 0.3 is 5.97 Å². The molecule has 1 saturated heterocycles. The van der Waals surface area contributed by atoms with E-state index in [1.807, 2.05) is 19.9 Å². The summed E-state index contributed by atoms with van der Waals surface area (Å²) < 4.78 is 10.6. The maximum atomic E-state index is 13.4. The van der Waals surface area contributed by atoms with Crippen LogP contribution in [0.5, 0.6) is 0 Å². The molecule has 8 heteroatoms. The summed E-state index contributed by atoms with van der Waals surface area (Å²) in [5.41, 5.74) is 1.38. The van der Waals surface area contributed by atoms with Crippen LogP contribution in [0.2, 0.25) is 0 Å². The van der Waals surface area contributed by atoms with E-state index >= 15 is 0 Å². The lowest BCUT2D eigenvalue weighted by molar-refractivity contribution is -0.151. The van der Waals surface area contributed by atoms with Crippen molar-refractivity contribution in [1.82, 2.24) is 15.0 Å². The first-order valence-electron chi connectivity index (χ1n) is 9.68. The zero-order valence-corrected chi connectivity index (χ0v) is 16.4. The van der Waals surface area contributed by atoms with Gasteiger partial charge in [-0.25, -0.2) is 4.98 Å². The van der Waals surface area contributed by atoms with Crippen molar-refractivity contribution in [3.63, 3.8) is 0 Å². The number of hydrogen-bond acceptors (Lipinski definition) is 6. The van der Waals surface area contributed by atoms with Crippen LogP contribution in [0.25, 0.3) is 11.1 Å². The van der Waals surface area contributed by atoms with E-state index in [2.05, 4.69) is 10.1 Å². The molecule has 1 unspecified atom stereocenters. The van der Waals surface area contributed by atoms with Crippen molar-refractivity contribution in [2.24, 2.45) is 5.41 Å². The molecule has 2 aromatic heterocycles. The SMILES string of the molecule is COCC1(C(=O)O)CCN(C(=O)c2cc(C3CC3)nc3onc(C(C)C)c23)C1. The molecular weight excluding hydrogens is 362 g/mol. The van der Waals surface area contributed by atoms with Gasteiger partial charge in [0.25, 0.3) is 11.6 Å². The van der Waals surface area contributed by atoms with Crippen molar-refractivity contribution in [3.8, 4) is 0 Å². The van der Waals surface area contributed by atoms with Gasteiger partial charge in [0, 0.05) is 31.8 Å². The minimum Gasteiger partial charge on any atom is -0.481 e. The molecule has 1 saturated carbocycles. The highest BCUT2D eigenvalue weighted by atomic mass is 16.5. The fraction of sp³-hybridized carbons (Fsp3) is 0.600. The van der Waals surface area contributed by atoms with Crippen molar-refractivity contribution >= 4 is 23.0 Å². The number of pyridine rings is 1. The summed E-state index contributed by atoms with van der Waals surface area (Å²) >= 11 is 0. The van der Waals surface area contributed by atoms with Gasteiger partial charge < -0.3 is 19.3 Å². The fourth-order valence-electron chi connectivity index (χ4n) is 3.99. The smallest absolute Gasteiger partial charge is 0.313 e. The number of carboxylic acid groups (broad SMARTS) is 1. The molecule has 0 radical (unpaired) electrons. The second-order valence-corrected chi connectivity index (χ2v) is 8.27. The molecule has 1 N–H and O–H groups in total. The van der Waals surface area contributed by atoms with E-state index in [9.17, 15) is 14.7 Å². The minimum absolute atomic E-state index is 0.0755. The maximum Gasteiger partial charge on any atom is 0.313 e. The normalized spacial score (nSPS) is 22.4. The van der Waals surface area contributed by atoms with Crippen molar-refractivity contribution in [2.75, 3.05) is 26.8 Å². The Morgan fingerprint density at radius 1 is 1.43 bits per heavy atom. The zero-order valence-electron chi connectivity index (χ0n) is 16.4. The number of carboxylic acids is 1. The lowest BCUT2D eigenvalue weighted by Gasteiger charge is -2.24. The Hall–Kier alpha value is -2.48. The molecule has 8 nitrogen and oxygen atoms in total. The number of nitrogens with zero attached hydrogens (tertiary/aromatic N) is 3. The van der Waals surface area contributed by atoms with Gasteiger partial charge in [-0.1, -0.05) is 19.0 Å². The average molecular weight is 387 g/mol. The predicted molar refractivity (Wildman–Crippen MR) is 100 cm³/mol. The first-order valence-corrected chi connectivity index (χ1v) is 9.68. The summed E-state index contributed by atoms with van der Waals surface area (Å²) in [6.07, 6.45) is 2.47. The van der Waals surface area contributed by atoms with Crippen LogP contribution in [0.1, 0.15) is 66.7 Å². The fourth-order valence-corrected chi connectivity index (χ4v) is 3.99. The maximum absolute atomic E-state index is 13.4. The lowest BCUT2D eigenvalue weighted by Crippen LogP contribution is -2.40. The molecule has 1 aliphatic carbocycles. The molecule has 4 rings (SSSR count). The first-order chi connectivity index (χ1) is 13.4. The second-order valence-electron chi connectivity index (χ2n) is 8.27. The van der Waals surface area contributed by atoms with Gasteiger partial charge in [-0.15, -0.1) is 0 Å². The lowest BCUT2D eigenvalue weighted by atomic mass is 9.88. The number of amides is 1. The number of rotatable bonds is 6. The molecule has 3 heterocycles. The summed E-state index contributed by atoms with van der Waals surface area (Å²) in [6, 6.07) is 1.85. The van der Waals surface area contributed by atoms with Crippen LogP contribution in [-0.2, 0) is 9.53 Å². The molecule has 150 valence electrons. The minimum atomic E-state index is -1.06. The Balaban J connectivity index is 1.74. The topological polar surface area (TPSA) is 106 Å². The van der Waals surface area contributed by atoms with Gasteiger partial charge in [0.05, 0.1) is 23.3 Å². The number of likely N-dealkylation sites (tertiary alicyclic amines) is 1. The number of carbonyl (C=O) groups excluding carboxylic acids is 1. The molecule has 2 aromatic rings. The third kappa shape index (κ3) is 3.05. The Bertz CT molecular complexity index is 933.